The van der Waals surface area contributed by atoms with Crippen LogP contribution in [0.3, 0.4) is 0 Å². The Morgan fingerprint density at radius 3 is 2.81 bits per heavy atom. The molecule has 2 aliphatic rings. The maximum Gasteiger partial charge on any atom is 0.509 e. The van der Waals surface area contributed by atoms with Gasteiger partial charge in [0.25, 0.3) is 5.56 Å². The molecule has 158 valence electrons. The van der Waals surface area contributed by atoms with E-state index in [2.05, 4.69) is 0 Å². The summed E-state index contributed by atoms with van der Waals surface area (Å²) in [6, 6.07) is 11.5. The van der Waals surface area contributed by atoms with Crippen LogP contribution in [0.4, 0.5) is 4.79 Å². The molecule has 0 saturated carbocycles. The van der Waals surface area contributed by atoms with Gasteiger partial charge in [-0.05, 0) is 31.5 Å². The molecular formula is C23H20N2O6. The van der Waals surface area contributed by atoms with Crippen LogP contribution < -0.4 is 5.56 Å². The number of aromatic nitrogens is 2. The average Bonchev–Trinajstić information content (AvgIpc) is 3.12. The van der Waals surface area contributed by atoms with Crippen molar-refractivity contribution in [3.63, 3.8) is 0 Å². The van der Waals surface area contributed by atoms with Gasteiger partial charge in [-0.1, -0.05) is 25.1 Å². The monoisotopic (exact) mass is 420 g/mol. The zero-order valence-corrected chi connectivity index (χ0v) is 17.1. The van der Waals surface area contributed by atoms with E-state index in [0.717, 1.165) is 16.5 Å². The molecule has 3 aromatic rings. The Morgan fingerprint density at radius 2 is 2.03 bits per heavy atom. The summed E-state index contributed by atoms with van der Waals surface area (Å²) < 4.78 is 17.3. The van der Waals surface area contributed by atoms with Crippen LogP contribution in [0.2, 0.25) is 0 Å². The van der Waals surface area contributed by atoms with Crippen LogP contribution in [-0.2, 0) is 37.8 Å². The van der Waals surface area contributed by atoms with Crippen molar-refractivity contribution in [3.05, 3.63) is 63.4 Å². The topological polar surface area (TPSA) is 96.7 Å². The summed E-state index contributed by atoms with van der Waals surface area (Å²) in [6.07, 6.45) is -0.891. The van der Waals surface area contributed by atoms with Crippen molar-refractivity contribution in [2.24, 2.45) is 0 Å². The summed E-state index contributed by atoms with van der Waals surface area (Å²) in [5.41, 5.74) is 1.59. The van der Waals surface area contributed by atoms with E-state index in [9.17, 15) is 14.4 Å². The molecule has 0 amide bonds. The summed E-state index contributed by atoms with van der Waals surface area (Å²) >= 11 is 0. The number of para-hydroxylation sites is 1. The minimum atomic E-state index is -1.74. The quantitative estimate of drug-likeness (QED) is 0.469. The zero-order chi connectivity index (χ0) is 21.8. The molecule has 0 aliphatic carbocycles. The number of benzene rings is 1. The lowest BCUT2D eigenvalue weighted by Gasteiger charge is -2.35. The number of nitrogens with zero attached hydrogens (tertiary/aromatic N) is 2. The number of rotatable bonds is 3. The third kappa shape index (κ3) is 2.74. The molecule has 0 spiro atoms. The SMILES string of the molecule is CCOC(=O)OC1(CC)C(=O)OCc2c1cc1n(c2=O)Cc2cc3ccccc3nc2-1. The van der Waals surface area contributed by atoms with Gasteiger partial charge in [-0.2, -0.15) is 0 Å². The number of carbonyl (C=O) groups excluding carboxylic acids is 2. The molecule has 0 fully saturated rings. The van der Waals surface area contributed by atoms with E-state index in [1.54, 1.807) is 24.5 Å². The van der Waals surface area contributed by atoms with Gasteiger partial charge in [0.1, 0.15) is 6.61 Å². The molecule has 0 bridgehead atoms. The van der Waals surface area contributed by atoms with Crippen molar-refractivity contribution in [3.8, 4) is 11.4 Å². The highest BCUT2D eigenvalue weighted by atomic mass is 16.7. The maximum absolute atomic E-state index is 13.4. The van der Waals surface area contributed by atoms with Gasteiger partial charge in [-0.3, -0.25) is 4.79 Å². The predicted molar refractivity (Wildman–Crippen MR) is 110 cm³/mol. The van der Waals surface area contributed by atoms with Crippen molar-refractivity contribution in [1.82, 2.24) is 9.55 Å². The summed E-state index contributed by atoms with van der Waals surface area (Å²) in [5.74, 6) is -0.718. The minimum Gasteiger partial charge on any atom is -0.457 e. The molecule has 2 aliphatic heterocycles. The number of hydrogen-bond donors (Lipinski definition) is 0. The van der Waals surface area contributed by atoms with Crippen molar-refractivity contribution in [2.75, 3.05) is 6.61 Å². The molecule has 0 saturated heterocycles. The molecule has 1 unspecified atom stereocenters. The fourth-order valence-electron chi connectivity index (χ4n) is 4.37. The summed E-state index contributed by atoms with van der Waals surface area (Å²) in [5, 5.41) is 0.985. The third-order valence-electron chi connectivity index (χ3n) is 5.90. The second-order valence-corrected chi connectivity index (χ2v) is 7.54. The van der Waals surface area contributed by atoms with Crippen molar-refractivity contribution in [2.45, 2.75) is 39.0 Å². The Morgan fingerprint density at radius 1 is 1.23 bits per heavy atom. The van der Waals surface area contributed by atoms with E-state index >= 15 is 0 Å². The van der Waals surface area contributed by atoms with E-state index < -0.39 is 17.7 Å². The molecule has 4 heterocycles. The molecule has 5 rings (SSSR count). The van der Waals surface area contributed by atoms with Gasteiger partial charge in [0.2, 0.25) is 5.60 Å². The Hall–Kier alpha value is -3.68. The number of cyclic esters (lactones) is 1. The van der Waals surface area contributed by atoms with Gasteiger partial charge in [-0.25, -0.2) is 14.6 Å². The first kappa shape index (κ1) is 19.3. The van der Waals surface area contributed by atoms with Crippen LogP contribution in [0.1, 0.15) is 37.0 Å². The molecule has 8 heteroatoms. The molecule has 2 aromatic heterocycles. The second-order valence-electron chi connectivity index (χ2n) is 7.54. The van der Waals surface area contributed by atoms with E-state index in [4.69, 9.17) is 19.2 Å². The van der Waals surface area contributed by atoms with E-state index in [0.29, 0.717) is 29.1 Å². The number of hydrogen-bond acceptors (Lipinski definition) is 7. The largest absolute Gasteiger partial charge is 0.509 e. The summed E-state index contributed by atoms with van der Waals surface area (Å²) in [4.78, 5) is 43.1. The first-order valence-electron chi connectivity index (χ1n) is 10.2. The van der Waals surface area contributed by atoms with E-state index in [1.807, 2.05) is 30.3 Å². The Bertz CT molecular complexity index is 1310. The molecule has 1 aromatic carbocycles. The van der Waals surface area contributed by atoms with Crippen molar-refractivity contribution >= 4 is 23.0 Å². The van der Waals surface area contributed by atoms with Crippen LogP contribution in [-0.4, -0.2) is 28.3 Å². The highest BCUT2D eigenvalue weighted by Gasteiger charge is 2.50. The summed E-state index contributed by atoms with van der Waals surface area (Å²) in [6.45, 7) is 3.63. The lowest BCUT2D eigenvalue weighted by atomic mass is 9.85. The molecular weight excluding hydrogens is 400 g/mol. The Labute approximate surface area is 177 Å². The summed E-state index contributed by atoms with van der Waals surface area (Å²) in [7, 11) is 0. The molecule has 8 nitrogen and oxygen atoms in total. The van der Waals surface area contributed by atoms with Crippen molar-refractivity contribution in [1.29, 1.82) is 0 Å². The van der Waals surface area contributed by atoms with E-state index in [-0.39, 0.29) is 25.2 Å². The number of carbonyl (C=O) groups is 2. The number of fused-ring (bicyclic) bond motifs is 5. The van der Waals surface area contributed by atoms with Crippen LogP contribution in [0, 0.1) is 0 Å². The van der Waals surface area contributed by atoms with Crippen LogP contribution in [0.15, 0.2) is 41.2 Å². The lowest BCUT2D eigenvalue weighted by molar-refractivity contribution is -0.175. The molecule has 31 heavy (non-hydrogen) atoms. The van der Waals surface area contributed by atoms with Crippen LogP contribution in [0.5, 0.6) is 0 Å². The second kappa shape index (κ2) is 6.94. The number of ether oxygens (including phenoxy) is 3. The van der Waals surface area contributed by atoms with Gasteiger partial charge in [0.15, 0.2) is 0 Å². The normalized spacial score (nSPS) is 18.7. The highest BCUT2D eigenvalue weighted by Crippen LogP contribution is 2.41. The molecule has 0 radical (unpaired) electrons. The number of esters is 1. The first-order valence-corrected chi connectivity index (χ1v) is 10.2. The predicted octanol–water partition coefficient (Wildman–Crippen LogP) is 3.26. The maximum atomic E-state index is 13.4. The standard InChI is InChI=1S/C23H20N2O6/c1-3-23(31-22(28)29-4-2)16-10-18-19-14(9-13-7-5-6-8-17(13)24-19)11-25(18)20(26)15(16)12-30-21(23)27/h5-10H,3-4,11-12H2,1-2H3. The fraction of sp³-hybridized carbons (Fsp3) is 0.304. The fourth-order valence-corrected chi connectivity index (χ4v) is 4.37. The van der Waals surface area contributed by atoms with Crippen molar-refractivity contribution < 1.29 is 23.8 Å². The van der Waals surface area contributed by atoms with Gasteiger partial charge < -0.3 is 18.8 Å². The van der Waals surface area contributed by atoms with Gasteiger partial charge in [0, 0.05) is 16.5 Å². The molecule has 0 N–H and O–H groups in total. The average molecular weight is 420 g/mol. The highest BCUT2D eigenvalue weighted by molar-refractivity contribution is 5.87. The zero-order valence-electron chi connectivity index (χ0n) is 17.1. The smallest absolute Gasteiger partial charge is 0.457 e. The lowest BCUT2D eigenvalue weighted by Crippen LogP contribution is -2.47. The number of pyridine rings is 2. The van der Waals surface area contributed by atoms with Crippen LogP contribution >= 0.6 is 0 Å². The van der Waals surface area contributed by atoms with Crippen LogP contribution in [0.25, 0.3) is 22.3 Å². The third-order valence-corrected chi connectivity index (χ3v) is 5.90. The van der Waals surface area contributed by atoms with Gasteiger partial charge in [0.05, 0.1) is 35.6 Å². The molecule has 1 atom stereocenters. The van der Waals surface area contributed by atoms with Gasteiger partial charge in [-0.15, -0.1) is 0 Å². The first-order chi connectivity index (χ1) is 15.0. The minimum absolute atomic E-state index is 0.0950. The van der Waals surface area contributed by atoms with E-state index in [1.165, 1.54) is 0 Å². The Balaban J connectivity index is 1.73. The Kier molecular flexibility index (Phi) is 4.32. The van der Waals surface area contributed by atoms with Gasteiger partial charge >= 0.3 is 12.1 Å².